The second kappa shape index (κ2) is 25.4. The van der Waals surface area contributed by atoms with E-state index < -0.39 is 30.1 Å². The Hall–Kier alpha value is -1.67. The number of hydrogen-bond acceptors (Lipinski definition) is 5. The first-order valence-corrected chi connectivity index (χ1v) is 11.1. The predicted octanol–water partition coefficient (Wildman–Crippen LogP) is 4.46. The van der Waals surface area contributed by atoms with E-state index in [4.69, 9.17) is 25.5 Å². The molecule has 2 unspecified atom stereocenters. The van der Waals surface area contributed by atoms with E-state index in [-0.39, 0.29) is 0 Å². The van der Waals surface area contributed by atoms with Crippen LogP contribution in [-0.4, -0.2) is 55.6 Å². The number of carboxylic acids is 3. The van der Waals surface area contributed by atoms with E-state index in [1.807, 2.05) is 0 Å². The molecule has 0 rings (SSSR count). The number of carbonyl (C=O) groups is 3. The highest BCUT2D eigenvalue weighted by atomic mass is 16.4. The van der Waals surface area contributed by atoms with Crippen molar-refractivity contribution in [1.82, 2.24) is 0 Å². The molecular formula is C22H44O8. The summed E-state index contributed by atoms with van der Waals surface area (Å²) < 4.78 is 0. The van der Waals surface area contributed by atoms with Gasteiger partial charge >= 0.3 is 17.9 Å². The maximum atomic E-state index is 10.3. The number of hydrogen-bond donors (Lipinski definition) is 5. The van der Waals surface area contributed by atoms with E-state index in [0.29, 0.717) is 6.42 Å². The monoisotopic (exact) mass is 436 g/mol. The van der Waals surface area contributed by atoms with Crippen LogP contribution in [0.3, 0.4) is 0 Å². The highest BCUT2D eigenvalue weighted by Crippen LogP contribution is 2.12. The zero-order chi connectivity index (χ0) is 23.8. The Balaban J connectivity index is -0.000000495. The molecule has 8 heteroatoms. The lowest BCUT2D eigenvalue weighted by atomic mass is 10.0. The molecule has 0 aliphatic carbocycles. The van der Waals surface area contributed by atoms with Crippen LogP contribution in [-0.2, 0) is 14.4 Å². The Kier molecular flexibility index (Phi) is 27.9. The highest BCUT2D eigenvalue weighted by molar-refractivity contribution is 5.71. The predicted molar refractivity (Wildman–Crippen MR) is 117 cm³/mol. The van der Waals surface area contributed by atoms with Gasteiger partial charge in [-0.2, -0.15) is 0 Å². The lowest BCUT2D eigenvalue weighted by Gasteiger charge is -2.02. The van der Waals surface area contributed by atoms with Crippen molar-refractivity contribution in [2.24, 2.45) is 0 Å². The molecule has 0 radical (unpaired) electrons. The molecule has 180 valence electrons. The molecule has 0 aromatic carbocycles. The van der Waals surface area contributed by atoms with E-state index in [1.54, 1.807) is 0 Å². The number of rotatable bonds is 16. The first-order valence-electron chi connectivity index (χ1n) is 11.1. The van der Waals surface area contributed by atoms with Gasteiger partial charge in [-0.25, -0.2) is 9.59 Å². The number of aliphatic hydroxyl groups excluding tert-OH is 2. The van der Waals surface area contributed by atoms with Crippen LogP contribution in [0.1, 0.15) is 111 Å². The molecular weight excluding hydrogens is 392 g/mol. The van der Waals surface area contributed by atoms with E-state index in [0.717, 1.165) is 12.8 Å². The minimum Gasteiger partial charge on any atom is -0.481 e. The Morgan fingerprint density at radius 1 is 0.567 bits per heavy atom. The normalized spacial score (nSPS) is 11.9. The highest BCUT2D eigenvalue weighted by Gasteiger charge is 2.02. The third-order valence-corrected chi connectivity index (χ3v) is 4.21. The average Bonchev–Trinajstić information content (AvgIpc) is 2.66. The van der Waals surface area contributed by atoms with Crippen molar-refractivity contribution in [2.45, 2.75) is 123 Å². The summed E-state index contributed by atoms with van der Waals surface area (Å²) in [5.74, 6) is -3.02. The number of aliphatic hydroxyl groups is 2. The number of aliphatic carboxylic acids is 3. The molecule has 30 heavy (non-hydrogen) atoms. The first kappa shape index (κ1) is 33.0. The minimum atomic E-state index is -1.23. The standard InChI is InChI=1S/C16H32O2.2C3H6O3/c1-2-3-4-5-6-7-8-9-10-11-12-13-14-15-16(17)18;2*1-2(4)3(5)6/h2-15H2,1H3,(H,17,18);2*2,4H,1H3,(H,5,6). The molecule has 8 nitrogen and oxygen atoms in total. The smallest absolute Gasteiger partial charge is 0.332 e. The summed E-state index contributed by atoms with van der Waals surface area (Å²) in [6.45, 7) is 4.65. The summed E-state index contributed by atoms with van der Waals surface area (Å²) in [4.78, 5) is 29.2. The van der Waals surface area contributed by atoms with Crippen molar-refractivity contribution in [3.05, 3.63) is 0 Å². The molecule has 0 spiro atoms. The summed E-state index contributed by atoms with van der Waals surface area (Å²) in [5, 5.41) is 40.0. The Morgan fingerprint density at radius 2 is 0.800 bits per heavy atom. The molecule has 0 aromatic rings. The van der Waals surface area contributed by atoms with Crippen LogP contribution in [0.4, 0.5) is 0 Å². The SMILES string of the molecule is CC(O)C(=O)O.CC(O)C(=O)O.CCCCCCCCCCCCCCCC(=O)O. The molecule has 5 N–H and O–H groups in total. The van der Waals surface area contributed by atoms with Crippen LogP contribution in [0.5, 0.6) is 0 Å². The van der Waals surface area contributed by atoms with Gasteiger partial charge in [-0.1, -0.05) is 84.0 Å². The first-order chi connectivity index (χ1) is 14.1. The van der Waals surface area contributed by atoms with Crippen LogP contribution >= 0.6 is 0 Å². The third-order valence-electron chi connectivity index (χ3n) is 4.21. The Bertz CT molecular complexity index is 390. The molecule has 0 amide bonds. The zero-order valence-electron chi connectivity index (χ0n) is 19.0. The van der Waals surface area contributed by atoms with Gasteiger partial charge in [0.1, 0.15) is 12.2 Å². The van der Waals surface area contributed by atoms with E-state index in [1.165, 1.54) is 84.5 Å². The van der Waals surface area contributed by atoms with Gasteiger partial charge in [0.15, 0.2) is 0 Å². The fraction of sp³-hybridized carbons (Fsp3) is 0.864. The molecule has 0 aliphatic heterocycles. The van der Waals surface area contributed by atoms with Crippen molar-refractivity contribution < 1.29 is 39.9 Å². The lowest BCUT2D eigenvalue weighted by Crippen LogP contribution is -2.13. The summed E-state index contributed by atoms with van der Waals surface area (Å²) >= 11 is 0. The van der Waals surface area contributed by atoms with Gasteiger partial charge in [0.2, 0.25) is 0 Å². The molecule has 0 heterocycles. The Labute approximate surface area is 181 Å². The molecule has 0 fully saturated rings. The van der Waals surface area contributed by atoms with Crippen LogP contribution < -0.4 is 0 Å². The molecule has 0 saturated carbocycles. The fourth-order valence-corrected chi connectivity index (χ4v) is 2.29. The summed E-state index contributed by atoms with van der Waals surface area (Å²) in [7, 11) is 0. The molecule has 0 aromatic heterocycles. The molecule has 0 saturated heterocycles. The Morgan fingerprint density at radius 3 is 1.00 bits per heavy atom. The van der Waals surface area contributed by atoms with Gasteiger partial charge in [-0.05, 0) is 20.3 Å². The van der Waals surface area contributed by atoms with E-state index in [9.17, 15) is 14.4 Å². The van der Waals surface area contributed by atoms with Crippen LogP contribution in [0.15, 0.2) is 0 Å². The van der Waals surface area contributed by atoms with Crippen molar-refractivity contribution in [1.29, 1.82) is 0 Å². The summed E-state index contributed by atoms with van der Waals surface area (Å²) in [6, 6.07) is 0. The zero-order valence-corrected chi connectivity index (χ0v) is 19.0. The minimum absolute atomic E-state index is 0.345. The van der Waals surface area contributed by atoms with Crippen LogP contribution in [0.25, 0.3) is 0 Å². The van der Waals surface area contributed by atoms with Crippen molar-refractivity contribution >= 4 is 17.9 Å². The maximum Gasteiger partial charge on any atom is 0.332 e. The average molecular weight is 437 g/mol. The fourth-order valence-electron chi connectivity index (χ4n) is 2.29. The second-order valence-corrected chi connectivity index (χ2v) is 7.41. The quantitative estimate of drug-likeness (QED) is 0.222. The van der Waals surface area contributed by atoms with Gasteiger partial charge in [-0.3, -0.25) is 4.79 Å². The number of carboxylic acid groups (broad SMARTS) is 3. The lowest BCUT2D eigenvalue weighted by molar-refractivity contribution is -0.146. The topological polar surface area (TPSA) is 152 Å². The number of unbranched alkanes of at least 4 members (excludes halogenated alkanes) is 12. The van der Waals surface area contributed by atoms with Gasteiger partial charge in [0, 0.05) is 6.42 Å². The van der Waals surface area contributed by atoms with Gasteiger partial charge in [0.05, 0.1) is 0 Å². The maximum absolute atomic E-state index is 10.3. The van der Waals surface area contributed by atoms with E-state index >= 15 is 0 Å². The van der Waals surface area contributed by atoms with Crippen LogP contribution in [0, 0.1) is 0 Å². The van der Waals surface area contributed by atoms with Crippen LogP contribution in [0.2, 0.25) is 0 Å². The molecule has 0 aliphatic rings. The van der Waals surface area contributed by atoms with Crippen molar-refractivity contribution in [3.8, 4) is 0 Å². The van der Waals surface area contributed by atoms with Gasteiger partial charge in [0.25, 0.3) is 0 Å². The summed E-state index contributed by atoms with van der Waals surface area (Å²) in [6.07, 6.45) is 14.8. The van der Waals surface area contributed by atoms with Crippen molar-refractivity contribution in [2.75, 3.05) is 0 Å². The summed E-state index contributed by atoms with van der Waals surface area (Å²) in [5.41, 5.74) is 0. The van der Waals surface area contributed by atoms with Gasteiger partial charge in [-0.15, -0.1) is 0 Å². The molecule has 0 bridgehead atoms. The molecule has 2 atom stereocenters. The second-order valence-electron chi connectivity index (χ2n) is 7.41. The van der Waals surface area contributed by atoms with Crippen molar-refractivity contribution in [3.63, 3.8) is 0 Å². The third kappa shape index (κ3) is 37.1. The largest absolute Gasteiger partial charge is 0.481 e. The van der Waals surface area contributed by atoms with E-state index in [2.05, 4.69) is 6.92 Å². The van der Waals surface area contributed by atoms with Gasteiger partial charge < -0.3 is 25.5 Å².